The average Bonchev–Trinajstić information content (AvgIpc) is 2.53. The molecule has 0 bridgehead atoms. The SMILES string of the molecule is Cc1cccc(C)c1NC(=O)[C@@H](C)N(c1ccc(F)c(F)c1)S(C)(=O)=O. The predicted molar refractivity (Wildman–Crippen MR) is 97.7 cm³/mol. The van der Waals surface area contributed by atoms with E-state index in [1.807, 2.05) is 32.0 Å². The number of sulfonamides is 1. The van der Waals surface area contributed by atoms with Crippen LogP contribution >= 0.6 is 0 Å². The number of hydrogen-bond acceptors (Lipinski definition) is 3. The molecular weight excluding hydrogens is 362 g/mol. The van der Waals surface area contributed by atoms with Crippen molar-refractivity contribution in [2.24, 2.45) is 0 Å². The Morgan fingerprint density at radius 2 is 1.65 bits per heavy atom. The standard InChI is InChI=1S/C18H20F2N2O3S/c1-11-6-5-7-12(2)17(11)21-18(23)13(3)22(26(4,24)25)14-8-9-15(19)16(20)10-14/h5-10,13H,1-4H3,(H,21,23)/t13-/m1/s1. The smallest absolute Gasteiger partial charge is 0.248 e. The normalized spacial score (nSPS) is 12.5. The molecule has 0 saturated heterocycles. The van der Waals surface area contributed by atoms with Gasteiger partial charge in [0.15, 0.2) is 11.6 Å². The fraction of sp³-hybridized carbons (Fsp3) is 0.278. The molecule has 5 nitrogen and oxygen atoms in total. The first-order valence-corrected chi connectivity index (χ1v) is 9.68. The van der Waals surface area contributed by atoms with Crippen LogP contribution in [0.5, 0.6) is 0 Å². The van der Waals surface area contributed by atoms with Crippen molar-refractivity contribution >= 4 is 27.3 Å². The van der Waals surface area contributed by atoms with Crippen LogP contribution in [0.2, 0.25) is 0 Å². The molecule has 2 rings (SSSR count). The molecule has 1 N–H and O–H groups in total. The van der Waals surface area contributed by atoms with E-state index < -0.39 is 33.6 Å². The van der Waals surface area contributed by atoms with Gasteiger partial charge in [-0.2, -0.15) is 0 Å². The Bertz CT molecular complexity index is 925. The van der Waals surface area contributed by atoms with Gasteiger partial charge in [-0.3, -0.25) is 9.10 Å². The molecule has 0 aliphatic heterocycles. The molecule has 140 valence electrons. The number of benzene rings is 2. The van der Waals surface area contributed by atoms with Crippen LogP contribution in [-0.4, -0.2) is 26.6 Å². The third-order valence-corrected chi connectivity index (χ3v) is 5.22. The second-order valence-electron chi connectivity index (χ2n) is 6.09. The van der Waals surface area contributed by atoms with E-state index in [2.05, 4.69) is 5.32 Å². The highest BCUT2D eigenvalue weighted by atomic mass is 32.2. The van der Waals surface area contributed by atoms with Crippen LogP contribution < -0.4 is 9.62 Å². The van der Waals surface area contributed by atoms with E-state index in [4.69, 9.17) is 0 Å². The zero-order valence-electron chi connectivity index (χ0n) is 14.9. The molecular formula is C18H20F2N2O3S. The number of carbonyl (C=O) groups is 1. The quantitative estimate of drug-likeness (QED) is 0.862. The van der Waals surface area contributed by atoms with Crippen molar-refractivity contribution in [3.05, 3.63) is 59.2 Å². The molecule has 0 aliphatic carbocycles. The maximum Gasteiger partial charge on any atom is 0.248 e. The van der Waals surface area contributed by atoms with Gasteiger partial charge in [0.05, 0.1) is 11.9 Å². The summed E-state index contributed by atoms with van der Waals surface area (Å²) in [6, 6.07) is 6.98. The molecule has 0 radical (unpaired) electrons. The maximum absolute atomic E-state index is 13.5. The fourth-order valence-corrected chi connectivity index (χ4v) is 3.84. The second-order valence-corrected chi connectivity index (χ2v) is 7.95. The first kappa shape index (κ1) is 19.8. The number of para-hydroxylation sites is 1. The van der Waals surface area contributed by atoms with Gasteiger partial charge in [-0.15, -0.1) is 0 Å². The topological polar surface area (TPSA) is 66.5 Å². The molecule has 0 unspecified atom stereocenters. The van der Waals surface area contributed by atoms with E-state index in [9.17, 15) is 22.0 Å². The molecule has 1 atom stereocenters. The van der Waals surface area contributed by atoms with Crippen molar-refractivity contribution in [3.63, 3.8) is 0 Å². The second kappa shape index (κ2) is 7.41. The number of aryl methyl sites for hydroxylation is 2. The van der Waals surface area contributed by atoms with Crippen molar-refractivity contribution in [1.29, 1.82) is 0 Å². The van der Waals surface area contributed by atoms with E-state index in [1.165, 1.54) is 6.92 Å². The van der Waals surface area contributed by atoms with Gasteiger partial charge in [-0.25, -0.2) is 17.2 Å². The number of halogens is 2. The van der Waals surface area contributed by atoms with Crippen molar-refractivity contribution in [2.45, 2.75) is 26.8 Å². The van der Waals surface area contributed by atoms with Gasteiger partial charge in [0.2, 0.25) is 15.9 Å². The van der Waals surface area contributed by atoms with Crippen LogP contribution in [0.4, 0.5) is 20.2 Å². The minimum atomic E-state index is -3.92. The largest absolute Gasteiger partial charge is 0.324 e. The van der Waals surface area contributed by atoms with Crippen molar-refractivity contribution < 1.29 is 22.0 Å². The summed E-state index contributed by atoms with van der Waals surface area (Å²) in [7, 11) is -3.92. The molecule has 1 amide bonds. The van der Waals surface area contributed by atoms with E-state index >= 15 is 0 Å². The molecule has 0 spiro atoms. The third kappa shape index (κ3) is 4.19. The summed E-state index contributed by atoms with van der Waals surface area (Å²) in [4.78, 5) is 12.6. The summed E-state index contributed by atoms with van der Waals surface area (Å²) in [6.45, 7) is 5.01. The van der Waals surface area contributed by atoms with Gasteiger partial charge < -0.3 is 5.32 Å². The number of carbonyl (C=O) groups excluding carboxylic acids is 1. The lowest BCUT2D eigenvalue weighted by atomic mass is 10.1. The van der Waals surface area contributed by atoms with Crippen LogP contribution in [0, 0.1) is 25.5 Å². The zero-order chi connectivity index (χ0) is 19.6. The highest BCUT2D eigenvalue weighted by molar-refractivity contribution is 7.92. The van der Waals surface area contributed by atoms with Gasteiger partial charge in [-0.1, -0.05) is 18.2 Å². The molecule has 0 aliphatic rings. The van der Waals surface area contributed by atoms with Gasteiger partial charge in [0.1, 0.15) is 6.04 Å². The van der Waals surface area contributed by atoms with Crippen LogP contribution in [0.1, 0.15) is 18.1 Å². The minimum absolute atomic E-state index is 0.129. The Hall–Kier alpha value is -2.48. The summed E-state index contributed by atoms with van der Waals surface area (Å²) >= 11 is 0. The van der Waals surface area contributed by atoms with Gasteiger partial charge in [0, 0.05) is 11.8 Å². The average molecular weight is 382 g/mol. The lowest BCUT2D eigenvalue weighted by Crippen LogP contribution is -2.45. The number of nitrogens with zero attached hydrogens (tertiary/aromatic N) is 1. The van der Waals surface area contributed by atoms with E-state index in [1.54, 1.807) is 0 Å². The van der Waals surface area contributed by atoms with E-state index in [0.29, 0.717) is 5.69 Å². The molecule has 0 aromatic heterocycles. The number of nitrogens with one attached hydrogen (secondary N) is 1. The van der Waals surface area contributed by atoms with Crippen LogP contribution in [0.3, 0.4) is 0 Å². The van der Waals surface area contributed by atoms with Crippen molar-refractivity contribution in [3.8, 4) is 0 Å². The first-order valence-electron chi connectivity index (χ1n) is 7.84. The van der Waals surface area contributed by atoms with Crippen molar-refractivity contribution in [2.75, 3.05) is 15.9 Å². The van der Waals surface area contributed by atoms with Crippen LogP contribution in [0.15, 0.2) is 36.4 Å². The summed E-state index contributed by atoms with van der Waals surface area (Å²) in [5.74, 6) is -2.88. The summed E-state index contributed by atoms with van der Waals surface area (Å²) in [6.07, 6.45) is 0.900. The summed E-state index contributed by atoms with van der Waals surface area (Å²) in [5, 5.41) is 2.71. The van der Waals surface area contributed by atoms with Gasteiger partial charge in [0.25, 0.3) is 0 Å². The Labute approximate surface area is 151 Å². The van der Waals surface area contributed by atoms with E-state index in [0.717, 1.165) is 39.9 Å². The predicted octanol–water partition coefficient (Wildman–Crippen LogP) is 3.37. The molecule has 2 aromatic rings. The highest BCUT2D eigenvalue weighted by Gasteiger charge is 2.30. The summed E-state index contributed by atoms with van der Waals surface area (Å²) < 4.78 is 51.9. The van der Waals surface area contributed by atoms with Gasteiger partial charge in [-0.05, 0) is 44.0 Å². The zero-order valence-corrected chi connectivity index (χ0v) is 15.7. The Balaban J connectivity index is 2.39. The maximum atomic E-state index is 13.5. The molecule has 0 fully saturated rings. The highest BCUT2D eigenvalue weighted by Crippen LogP contribution is 2.25. The Kier molecular flexibility index (Phi) is 5.65. The molecule has 26 heavy (non-hydrogen) atoms. The number of hydrogen-bond donors (Lipinski definition) is 1. The third-order valence-electron chi connectivity index (χ3n) is 3.98. The molecule has 0 heterocycles. The Morgan fingerprint density at radius 1 is 1.08 bits per heavy atom. The van der Waals surface area contributed by atoms with Crippen molar-refractivity contribution in [1.82, 2.24) is 0 Å². The van der Waals surface area contributed by atoms with Gasteiger partial charge >= 0.3 is 0 Å². The first-order chi connectivity index (χ1) is 12.0. The van der Waals surface area contributed by atoms with E-state index in [-0.39, 0.29) is 5.69 Å². The monoisotopic (exact) mass is 382 g/mol. The fourth-order valence-electron chi connectivity index (χ4n) is 2.67. The van der Waals surface area contributed by atoms with Crippen LogP contribution in [0.25, 0.3) is 0 Å². The minimum Gasteiger partial charge on any atom is -0.324 e. The van der Waals surface area contributed by atoms with Crippen LogP contribution in [-0.2, 0) is 14.8 Å². The number of rotatable bonds is 5. The molecule has 2 aromatic carbocycles. The Morgan fingerprint density at radius 3 is 2.15 bits per heavy atom. The number of anilines is 2. The summed E-state index contributed by atoms with van der Waals surface area (Å²) in [5.41, 5.74) is 2.10. The molecule has 8 heteroatoms. The molecule has 0 saturated carbocycles. The lowest BCUT2D eigenvalue weighted by molar-refractivity contribution is -0.116. The number of amides is 1. The lowest BCUT2D eigenvalue weighted by Gasteiger charge is -2.28.